The number of aliphatic hydroxyl groups excluding tert-OH is 1. The topological polar surface area (TPSA) is 70.6 Å². The summed E-state index contributed by atoms with van der Waals surface area (Å²) in [6.45, 7) is 6.37. The van der Waals surface area contributed by atoms with Crippen LogP contribution in [0.3, 0.4) is 0 Å². The molecule has 0 heterocycles. The van der Waals surface area contributed by atoms with E-state index in [1.807, 2.05) is 13.8 Å². The van der Waals surface area contributed by atoms with Crippen LogP contribution in [0, 0.1) is 5.92 Å². The number of aliphatic imine (C=N–C) groups is 1. The van der Waals surface area contributed by atoms with Crippen LogP contribution in [0.4, 0.5) is 0 Å². The van der Waals surface area contributed by atoms with Crippen LogP contribution >= 0.6 is 0 Å². The minimum atomic E-state index is -0.241. The zero-order chi connectivity index (χ0) is 12.2. The van der Waals surface area contributed by atoms with Crippen molar-refractivity contribution in [1.29, 1.82) is 0 Å². The molecule has 0 atom stereocenters. The van der Waals surface area contributed by atoms with E-state index in [0.717, 1.165) is 31.6 Å². The summed E-state index contributed by atoms with van der Waals surface area (Å²) < 4.78 is 0. The lowest BCUT2D eigenvalue weighted by Gasteiger charge is -2.39. The Morgan fingerprint density at radius 1 is 1.50 bits per heavy atom. The SMILES string of the molecule is CC1CCC(CO)(NC(N)=NC(C)C)CC1. The summed E-state index contributed by atoms with van der Waals surface area (Å²) >= 11 is 0. The van der Waals surface area contributed by atoms with E-state index in [-0.39, 0.29) is 18.2 Å². The first-order chi connectivity index (χ1) is 7.47. The van der Waals surface area contributed by atoms with Crippen molar-refractivity contribution >= 4 is 5.96 Å². The summed E-state index contributed by atoms with van der Waals surface area (Å²) in [7, 11) is 0. The van der Waals surface area contributed by atoms with Gasteiger partial charge >= 0.3 is 0 Å². The fraction of sp³-hybridized carbons (Fsp3) is 0.917. The van der Waals surface area contributed by atoms with Gasteiger partial charge in [0.05, 0.1) is 12.1 Å². The van der Waals surface area contributed by atoms with Gasteiger partial charge in [-0.3, -0.25) is 4.99 Å². The first-order valence-electron chi connectivity index (χ1n) is 6.20. The van der Waals surface area contributed by atoms with Crippen LogP contribution in [0.25, 0.3) is 0 Å². The van der Waals surface area contributed by atoms with E-state index in [2.05, 4.69) is 17.2 Å². The molecule has 1 rings (SSSR count). The van der Waals surface area contributed by atoms with Gasteiger partial charge in [-0.15, -0.1) is 0 Å². The number of rotatable bonds is 3. The number of nitrogens with two attached hydrogens (primary N) is 1. The molecule has 0 bridgehead atoms. The largest absolute Gasteiger partial charge is 0.394 e. The molecule has 0 aromatic carbocycles. The molecule has 1 aliphatic carbocycles. The standard InChI is InChI=1S/C12H25N3O/c1-9(2)14-11(13)15-12(8-16)6-4-10(3)5-7-12/h9-10,16H,4-8H2,1-3H3,(H3,13,14,15). The van der Waals surface area contributed by atoms with Crippen LogP contribution in [-0.4, -0.2) is 29.3 Å². The Morgan fingerprint density at radius 2 is 2.06 bits per heavy atom. The average Bonchev–Trinajstić information content (AvgIpc) is 2.21. The number of hydrogen-bond acceptors (Lipinski definition) is 2. The zero-order valence-corrected chi connectivity index (χ0v) is 10.7. The van der Waals surface area contributed by atoms with E-state index in [1.54, 1.807) is 0 Å². The Kier molecular flexibility index (Phi) is 4.59. The maximum Gasteiger partial charge on any atom is 0.189 e. The molecule has 1 fully saturated rings. The van der Waals surface area contributed by atoms with E-state index in [9.17, 15) is 5.11 Å². The molecule has 4 nitrogen and oxygen atoms in total. The quantitative estimate of drug-likeness (QED) is 0.502. The predicted molar refractivity (Wildman–Crippen MR) is 67.3 cm³/mol. The van der Waals surface area contributed by atoms with E-state index in [0.29, 0.717) is 5.96 Å². The van der Waals surface area contributed by atoms with Gasteiger partial charge in [-0.1, -0.05) is 6.92 Å². The van der Waals surface area contributed by atoms with E-state index in [1.165, 1.54) is 0 Å². The van der Waals surface area contributed by atoms with Crippen molar-refractivity contribution in [2.45, 2.75) is 58.0 Å². The van der Waals surface area contributed by atoms with Gasteiger partial charge in [0.2, 0.25) is 0 Å². The fourth-order valence-corrected chi connectivity index (χ4v) is 2.22. The van der Waals surface area contributed by atoms with Crippen molar-refractivity contribution in [2.75, 3.05) is 6.61 Å². The molecule has 94 valence electrons. The summed E-state index contributed by atoms with van der Waals surface area (Å²) in [5.74, 6) is 1.21. The monoisotopic (exact) mass is 227 g/mol. The summed E-state index contributed by atoms with van der Waals surface area (Å²) in [6.07, 6.45) is 4.23. The minimum absolute atomic E-state index is 0.133. The Hall–Kier alpha value is -0.770. The second kappa shape index (κ2) is 5.53. The third-order valence-electron chi connectivity index (χ3n) is 3.32. The number of aliphatic hydroxyl groups is 1. The molecule has 4 N–H and O–H groups in total. The summed E-state index contributed by atoms with van der Waals surface area (Å²) in [5.41, 5.74) is 5.59. The van der Waals surface area contributed by atoms with E-state index in [4.69, 9.17) is 5.73 Å². The van der Waals surface area contributed by atoms with Crippen molar-refractivity contribution in [1.82, 2.24) is 5.32 Å². The highest BCUT2D eigenvalue weighted by Gasteiger charge is 2.33. The molecule has 1 aliphatic rings. The van der Waals surface area contributed by atoms with Crippen LogP contribution in [0.15, 0.2) is 4.99 Å². The first-order valence-corrected chi connectivity index (χ1v) is 6.20. The third-order valence-corrected chi connectivity index (χ3v) is 3.32. The molecule has 0 aromatic rings. The third kappa shape index (κ3) is 3.67. The van der Waals surface area contributed by atoms with Crippen LogP contribution in [0.2, 0.25) is 0 Å². The molecule has 0 aliphatic heterocycles. The number of hydrogen-bond donors (Lipinski definition) is 3. The van der Waals surface area contributed by atoms with Gasteiger partial charge in [-0.05, 0) is 45.4 Å². The fourth-order valence-electron chi connectivity index (χ4n) is 2.22. The normalized spacial score (nSPS) is 31.8. The molecule has 0 saturated heterocycles. The number of nitrogens with zero attached hydrogens (tertiary/aromatic N) is 1. The first kappa shape index (κ1) is 13.3. The zero-order valence-electron chi connectivity index (χ0n) is 10.7. The van der Waals surface area contributed by atoms with Gasteiger partial charge in [0.15, 0.2) is 5.96 Å². The molecular weight excluding hydrogens is 202 g/mol. The summed E-state index contributed by atoms with van der Waals surface area (Å²) in [4.78, 5) is 4.26. The highest BCUT2D eigenvalue weighted by molar-refractivity contribution is 5.78. The van der Waals surface area contributed by atoms with Crippen molar-refractivity contribution in [3.05, 3.63) is 0 Å². The van der Waals surface area contributed by atoms with Crippen molar-refractivity contribution in [3.63, 3.8) is 0 Å². The Labute approximate surface area is 98.3 Å². The maximum absolute atomic E-state index is 9.54. The maximum atomic E-state index is 9.54. The molecule has 0 radical (unpaired) electrons. The molecular formula is C12H25N3O. The predicted octanol–water partition coefficient (Wildman–Crippen LogP) is 1.24. The lowest BCUT2D eigenvalue weighted by atomic mass is 9.77. The second-order valence-electron chi connectivity index (χ2n) is 5.35. The second-order valence-corrected chi connectivity index (χ2v) is 5.35. The van der Waals surface area contributed by atoms with E-state index >= 15 is 0 Å². The molecule has 16 heavy (non-hydrogen) atoms. The van der Waals surface area contributed by atoms with Crippen LogP contribution < -0.4 is 11.1 Å². The Morgan fingerprint density at radius 3 is 2.50 bits per heavy atom. The summed E-state index contributed by atoms with van der Waals surface area (Å²) in [5, 5.41) is 12.7. The van der Waals surface area contributed by atoms with Crippen LogP contribution in [0.1, 0.15) is 46.5 Å². The Balaban J connectivity index is 2.60. The molecule has 0 spiro atoms. The van der Waals surface area contributed by atoms with Crippen molar-refractivity contribution in [3.8, 4) is 0 Å². The van der Waals surface area contributed by atoms with Gasteiger partial charge in [0.1, 0.15) is 0 Å². The summed E-state index contributed by atoms with van der Waals surface area (Å²) in [6, 6.07) is 0.186. The van der Waals surface area contributed by atoms with Gasteiger partial charge < -0.3 is 16.2 Å². The van der Waals surface area contributed by atoms with Crippen LogP contribution in [0.5, 0.6) is 0 Å². The number of guanidine groups is 1. The van der Waals surface area contributed by atoms with Crippen molar-refractivity contribution in [2.24, 2.45) is 16.6 Å². The lowest BCUT2D eigenvalue weighted by Crippen LogP contribution is -2.55. The smallest absolute Gasteiger partial charge is 0.189 e. The van der Waals surface area contributed by atoms with Gasteiger partial charge in [-0.2, -0.15) is 0 Å². The molecule has 4 heteroatoms. The number of nitrogens with one attached hydrogen (secondary N) is 1. The molecule has 0 aromatic heterocycles. The van der Waals surface area contributed by atoms with Gasteiger partial charge in [0.25, 0.3) is 0 Å². The van der Waals surface area contributed by atoms with Gasteiger partial charge in [0, 0.05) is 6.04 Å². The van der Waals surface area contributed by atoms with Crippen LogP contribution in [-0.2, 0) is 0 Å². The Bertz CT molecular complexity index is 243. The van der Waals surface area contributed by atoms with Crippen molar-refractivity contribution < 1.29 is 5.11 Å². The van der Waals surface area contributed by atoms with E-state index < -0.39 is 0 Å². The minimum Gasteiger partial charge on any atom is -0.394 e. The highest BCUT2D eigenvalue weighted by Crippen LogP contribution is 2.31. The van der Waals surface area contributed by atoms with Gasteiger partial charge in [-0.25, -0.2) is 0 Å². The lowest BCUT2D eigenvalue weighted by molar-refractivity contribution is 0.122. The highest BCUT2D eigenvalue weighted by atomic mass is 16.3. The average molecular weight is 227 g/mol. The molecule has 0 unspecified atom stereocenters. The molecule has 0 amide bonds. The molecule has 1 saturated carbocycles.